The molecule has 1 aliphatic rings. The summed E-state index contributed by atoms with van der Waals surface area (Å²) in [5.41, 5.74) is 0.302. The Morgan fingerprint density at radius 3 is 2.82 bits per heavy atom. The van der Waals surface area contributed by atoms with Crippen molar-refractivity contribution in [2.75, 3.05) is 11.9 Å². The minimum atomic E-state index is -0.391. The van der Waals surface area contributed by atoms with Gasteiger partial charge < -0.3 is 4.74 Å². The highest BCUT2D eigenvalue weighted by molar-refractivity contribution is 9.09. The molecule has 0 saturated carbocycles. The molecule has 1 aromatic carbocycles. The van der Waals surface area contributed by atoms with Crippen LogP contribution in [0.5, 0.6) is 0 Å². The summed E-state index contributed by atoms with van der Waals surface area (Å²) in [6, 6.07) is 3.62. The van der Waals surface area contributed by atoms with E-state index in [0.29, 0.717) is 18.6 Å². The SMILES string of the molecule is CC1OCCC1(CBr)Cc1cc(F)ccc1F. The van der Waals surface area contributed by atoms with E-state index in [4.69, 9.17) is 4.74 Å². The van der Waals surface area contributed by atoms with Gasteiger partial charge >= 0.3 is 0 Å². The van der Waals surface area contributed by atoms with Gasteiger partial charge in [0.25, 0.3) is 0 Å². The van der Waals surface area contributed by atoms with E-state index in [1.54, 1.807) is 0 Å². The lowest BCUT2D eigenvalue weighted by molar-refractivity contribution is 0.0742. The van der Waals surface area contributed by atoms with Gasteiger partial charge in [0.15, 0.2) is 0 Å². The number of rotatable bonds is 3. The summed E-state index contributed by atoms with van der Waals surface area (Å²) in [7, 11) is 0. The smallest absolute Gasteiger partial charge is 0.126 e. The third-order valence-corrected chi connectivity index (χ3v) is 4.76. The topological polar surface area (TPSA) is 9.23 Å². The number of benzene rings is 1. The van der Waals surface area contributed by atoms with Crippen molar-refractivity contribution in [3.63, 3.8) is 0 Å². The van der Waals surface area contributed by atoms with Crippen molar-refractivity contribution in [2.45, 2.75) is 25.9 Å². The zero-order valence-electron chi connectivity index (χ0n) is 9.68. The molecule has 2 atom stereocenters. The molecule has 4 heteroatoms. The molecule has 1 aromatic rings. The largest absolute Gasteiger partial charge is 0.378 e. The van der Waals surface area contributed by atoms with Crippen LogP contribution in [0.15, 0.2) is 18.2 Å². The average molecular weight is 305 g/mol. The second-order valence-electron chi connectivity index (χ2n) is 4.67. The van der Waals surface area contributed by atoms with Gasteiger partial charge in [0.2, 0.25) is 0 Å². The highest BCUT2D eigenvalue weighted by Crippen LogP contribution is 2.40. The molecule has 0 aromatic heterocycles. The lowest BCUT2D eigenvalue weighted by Gasteiger charge is -2.30. The predicted molar refractivity (Wildman–Crippen MR) is 66.3 cm³/mol. The van der Waals surface area contributed by atoms with Gasteiger partial charge in [0.1, 0.15) is 11.6 Å². The fraction of sp³-hybridized carbons (Fsp3) is 0.538. The minimum Gasteiger partial charge on any atom is -0.378 e. The van der Waals surface area contributed by atoms with E-state index in [-0.39, 0.29) is 17.3 Å². The fourth-order valence-corrected chi connectivity index (χ4v) is 3.27. The highest BCUT2D eigenvalue weighted by atomic mass is 79.9. The van der Waals surface area contributed by atoms with Crippen LogP contribution in [0.3, 0.4) is 0 Å². The quantitative estimate of drug-likeness (QED) is 0.774. The van der Waals surface area contributed by atoms with Gasteiger partial charge in [-0.25, -0.2) is 8.78 Å². The second-order valence-corrected chi connectivity index (χ2v) is 5.23. The predicted octanol–water partition coefficient (Wildman–Crippen LogP) is 3.70. The number of hydrogen-bond donors (Lipinski definition) is 0. The Morgan fingerprint density at radius 1 is 1.47 bits per heavy atom. The van der Waals surface area contributed by atoms with Crippen LogP contribution in [-0.4, -0.2) is 18.0 Å². The number of hydrogen-bond acceptors (Lipinski definition) is 1. The molecule has 0 aliphatic carbocycles. The molecule has 0 spiro atoms. The third kappa shape index (κ3) is 2.52. The second kappa shape index (κ2) is 5.02. The molecule has 0 radical (unpaired) electrons. The zero-order valence-corrected chi connectivity index (χ0v) is 11.3. The standard InChI is InChI=1S/C13H15BrF2O/c1-9-13(8-14,4-5-17-9)7-10-6-11(15)2-3-12(10)16/h2-3,6,9H,4-5,7-8H2,1H3. The molecule has 2 rings (SSSR count). The average Bonchev–Trinajstić information content (AvgIpc) is 2.66. The Morgan fingerprint density at radius 2 is 2.24 bits per heavy atom. The van der Waals surface area contributed by atoms with Crippen molar-refractivity contribution < 1.29 is 13.5 Å². The van der Waals surface area contributed by atoms with Crippen LogP contribution in [0.1, 0.15) is 18.9 Å². The first-order valence-electron chi connectivity index (χ1n) is 5.69. The Kier molecular flexibility index (Phi) is 3.83. The molecule has 1 fully saturated rings. The summed E-state index contributed by atoms with van der Waals surface area (Å²) in [6.07, 6.45) is 1.43. The molecular formula is C13H15BrF2O. The Hall–Kier alpha value is -0.480. The van der Waals surface area contributed by atoms with E-state index in [9.17, 15) is 8.78 Å². The fourth-order valence-electron chi connectivity index (χ4n) is 2.33. The summed E-state index contributed by atoms with van der Waals surface area (Å²) in [5, 5.41) is 0.733. The van der Waals surface area contributed by atoms with Crippen LogP contribution in [-0.2, 0) is 11.2 Å². The molecular weight excluding hydrogens is 290 g/mol. The van der Waals surface area contributed by atoms with Crippen molar-refractivity contribution in [2.24, 2.45) is 5.41 Å². The normalized spacial score (nSPS) is 28.6. The summed E-state index contributed by atoms with van der Waals surface area (Å²) in [6.45, 7) is 2.68. The molecule has 94 valence electrons. The van der Waals surface area contributed by atoms with E-state index >= 15 is 0 Å². The van der Waals surface area contributed by atoms with E-state index < -0.39 is 5.82 Å². The van der Waals surface area contributed by atoms with Crippen molar-refractivity contribution in [1.29, 1.82) is 0 Å². The minimum absolute atomic E-state index is 0.0598. The zero-order chi connectivity index (χ0) is 12.5. The van der Waals surface area contributed by atoms with Gasteiger partial charge in [-0.2, -0.15) is 0 Å². The molecule has 1 heterocycles. The van der Waals surface area contributed by atoms with Gasteiger partial charge in [-0.15, -0.1) is 0 Å². The highest BCUT2D eigenvalue weighted by Gasteiger charge is 2.41. The van der Waals surface area contributed by atoms with Crippen LogP contribution in [0, 0.1) is 17.0 Å². The van der Waals surface area contributed by atoms with Crippen molar-refractivity contribution in [3.8, 4) is 0 Å². The number of alkyl halides is 1. The number of halogens is 3. The van der Waals surface area contributed by atoms with Gasteiger partial charge in [-0.3, -0.25) is 0 Å². The molecule has 0 amide bonds. The molecule has 1 saturated heterocycles. The first kappa shape index (κ1) is 13.0. The summed E-state index contributed by atoms with van der Waals surface area (Å²) < 4.78 is 32.3. The van der Waals surface area contributed by atoms with Crippen LogP contribution >= 0.6 is 15.9 Å². The lowest BCUT2D eigenvalue weighted by Crippen LogP contribution is -2.33. The van der Waals surface area contributed by atoms with Crippen LogP contribution < -0.4 is 0 Å². The maximum atomic E-state index is 13.6. The lowest BCUT2D eigenvalue weighted by atomic mass is 9.78. The summed E-state index contributed by atoms with van der Waals surface area (Å²) in [4.78, 5) is 0. The maximum absolute atomic E-state index is 13.6. The first-order valence-corrected chi connectivity index (χ1v) is 6.81. The van der Waals surface area contributed by atoms with Gasteiger partial charge in [-0.05, 0) is 43.5 Å². The monoisotopic (exact) mass is 304 g/mol. The molecule has 17 heavy (non-hydrogen) atoms. The Labute approximate surface area is 108 Å². The van der Waals surface area contributed by atoms with E-state index in [2.05, 4.69) is 15.9 Å². The van der Waals surface area contributed by atoms with Crippen molar-refractivity contribution >= 4 is 15.9 Å². The van der Waals surface area contributed by atoms with Crippen LogP contribution in [0.2, 0.25) is 0 Å². The van der Waals surface area contributed by atoms with Crippen LogP contribution in [0.4, 0.5) is 8.78 Å². The van der Waals surface area contributed by atoms with Crippen LogP contribution in [0.25, 0.3) is 0 Å². The third-order valence-electron chi connectivity index (χ3n) is 3.65. The van der Waals surface area contributed by atoms with Gasteiger partial charge in [-0.1, -0.05) is 15.9 Å². The van der Waals surface area contributed by atoms with Crippen molar-refractivity contribution in [3.05, 3.63) is 35.4 Å². The summed E-state index contributed by atoms with van der Waals surface area (Å²) >= 11 is 3.48. The Bertz CT molecular complexity index is 410. The summed E-state index contributed by atoms with van der Waals surface area (Å²) in [5.74, 6) is -0.733. The van der Waals surface area contributed by atoms with E-state index in [0.717, 1.165) is 17.8 Å². The van der Waals surface area contributed by atoms with Gasteiger partial charge in [0, 0.05) is 17.4 Å². The molecule has 1 aliphatic heterocycles. The Balaban J connectivity index is 2.27. The number of ether oxygens (including phenoxy) is 1. The maximum Gasteiger partial charge on any atom is 0.126 e. The van der Waals surface area contributed by atoms with Crippen molar-refractivity contribution in [1.82, 2.24) is 0 Å². The molecule has 2 unspecified atom stereocenters. The molecule has 0 N–H and O–H groups in total. The van der Waals surface area contributed by atoms with E-state index in [1.807, 2.05) is 6.92 Å². The molecule has 1 nitrogen and oxygen atoms in total. The van der Waals surface area contributed by atoms with E-state index in [1.165, 1.54) is 12.1 Å². The first-order chi connectivity index (χ1) is 8.07. The molecule has 0 bridgehead atoms. The van der Waals surface area contributed by atoms with Gasteiger partial charge in [0.05, 0.1) is 6.10 Å².